The fraction of sp³-hybridized carbons (Fsp3) is 0.639. The largest absolute Gasteiger partial charge is 0.471 e. The zero-order valence-corrected chi connectivity index (χ0v) is 35.9. The first kappa shape index (κ1) is 41.1. The average Bonchev–Trinajstić information content (AvgIpc) is 3.65. The molecule has 1 unspecified atom stereocenters. The lowest BCUT2D eigenvalue weighted by Gasteiger charge is -2.39. The van der Waals surface area contributed by atoms with E-state index in [1.165, 1.54) is 12.3 Å². The minimum Gasteiger partial charge on any atom is -0.471 e. The Morgan fingerprint density at radius 1 is 1.04 bits per heavy atom. The third-order valence-corrected chi connectivity index (χ3v) is 19.2. The van der Waals surface area contributed by atoms with Crippen molar-refractivity contribution in [3.8, 4) is 11.9 Å². The predicted molar refractivity (Wildman–Crippen MR) is 207 cm³/mol. The van der Waals surface area contributed by atoms with Crippen molar-refractivity contribution in [2.24, 2.45) is 4.36 Å². The number of pyridine rings is 1. The third-order valence-electron chi connectivity index (χ3n) is 10.4. The lowest BCUT2D eigenvalue weighted by Crippen LogP contribution is -2.47. The number of carbonyl (C=O) groups is 1. The molecule has 18 heteroatoms. The molecule has 3 aliphatic rings. The molecule has 298 valence electrons. The average molecular weight is 830 g/mol. The van der Waals surface area contributed by atoms with Crippen LogP contribution in [0.5, 0.6) is 11.9 Å². The smallest absolute Gasteiger partial charge is 0.301 e. The molecule has 1 aromatic carbocycles. The zero-order valence-electron chi connectivity index (χ0n) is 32.4. The van der Waals surface area contributed by atoms with Crippen molar-refractivity contribution >= 4 is 54.8 Å². The lowest BCUT2D eigenvalue weighted by molar-refractivity contribution is 0.00686. The Morgan fingerprint density at radius 3 is 2.28 bits per heavy atom. The molecule has 1 saturated carbocycles. The highest BCUT2D eigenvalue weighted by Crippen LogP contribution is 2.41. The van der Waals surface area contributed by atoms with Crippen LogP contribution in [0.4, 0.5) is 8.78 Å². The number of hydrogen-bond acceptors (Lipinski definition) is 10. The van der Waals surface area contributed by atoms with Crippen LogP contribution in [0.25, 0.3) is 11.2 Å². The Labute approximate surface area is 322 Å². The normalized spacial score (nSPS) is 23.0. The fourth-order valence-electron chi connectivity index (χ4n) is 5.95. The number of aromatic nitrogens is 3. The van der Waals surface area contributed by atoms with Crippen molar-refractivity contribution in [2.45, 2.75) is 120 Å². The van der Waals surface area contributed by atoms with Crippen LogP contribution in [-0.4, -0.2) is 96.8 Å². The number of fused-ring (bicyclic) bond motifs is 2. The van der Waals surface area contributed by atoms with Gasteiger partial charge in [0, 0.05) is 31.7 Å². The van der Waals surface area contributed by atoms with E-state index in [2.05, 4.69) is 62.9 Å². The standard InChI is InChI=1S/C36H51ClF2N4O8SSi2/c1-36(2,3)54(8,9)51-29-19-48-30-28(18-47-31(29)30)50-35-40-27-16-24(37)34(41-32(27)43(35)20-46-12-13-53(5,6)7)49-17-23-25(38)14-21(15-26(23)39)33(44)42-52(4,45)22-10-11-22/h14-16,22,28-31H,10-13,17-20H2,1-9H3/t28-,29-,30-,31-,52?/m1/s1. The first-order valence-corrected chi connectivity index (χ1v) is 27.2. The minimum atomic E-state index is -2.79. The van der Waals surface area contributed by atoms with Gasteiger partial charge in [0.1, 0.15) is 47.7 Å². The van der Waals surface area contributed by atoms with Crippen molar-refractivity contribution < 1.29 is 45.9 Å². The number of rotatable bonds is 14. The van der Waals surface area contributed by atoms with Gasteiger partial charge in [-0.05, 0) is 55.2 Å². The minimum absolute atomic E-state index is 0.0260. The molecule has 6 rings (SSSR count). The number of nitrogens with zero attached hydrogens (tertiary/aromatic N) is 4. The molecule has 0 spiro atoms. The summed E-state index contributed by atoms with van der Waals surface area (Å²) < 4.78 is 85.8. The second kappa shape index (κ2) is 15.4. The molecule has 2 aliphatic heterocycles. The maximum absolute atomic E-state index is 15.2. The first-order valence-electron chi connectivity index (χ1n) is 18.2. The van der Waals surface area contributed by atoms with Gasteiger partial charge >= 0.3 is 6.01 Å². The summed E-state index contributed by atoms with van der Waals surface area (Å²) in [6, 6.07) is 4.40. The maximum atomic E-state index is 15.2. The maximum Gasteiger partial charge on any atom is 0.301 e. The third kappa shape index (κ3) is 9.19. The molecule has 3 aromatic rings. The summed E-state index contributed by atoms with van der Waals surface area (Å²) in [7, 11) is -6.26. The van der Waals surface area contributed by atoms with Crippen LogP contribution >= 0.6 is 11.6 Å². The van der Waals surface area contributed by atoms with Gasteiger partial charge in [0.15, 0.2) is 20.1 Å². The zero-order chi connectivity index (χ0) is 39.4. The van der Waals surface area contributed by atoms with E-state index in [1.54, 1.807) is 4.57 Å². The summed E-state index contributed by atoms with van der Waals surface area (Å²) in [5.74, 6) is -3.09. The SMILES string of the molecule is CC(C)(C)[Si](C)(C)O[C@@H]1CO[C@H]2[C@@H]1OC[C@H]2Oc1nc2cc(Cl)c(OCc3c(F)cc(C(=O)N=S(C)(=O)C4CC4)cc3F)nc2n1COCC[Si](C)(C)C. The molecule has 2 saturated heterocycles. The monoisotopic (exact) mass is 828 g/mol. The van der Waals surface area contributed by atoms with Gasteiger partial charge in [0.05, 0.1) is 34.6 Å². The van der Waals surface area contributed by atoms with Crippen LogP contribution in [-0.2, 0) is 41.7 Å². The van der Waals surface area contributed by atoms with Gasteiger partial charge in [0.25, 0.3) is 5.91 Å². The van der Waals surface area contributed by atoms with Gasteiger partial charge in [-0.15, -0.1) is 0 Å². The van der Waals surface area contributed by atoms with Gasteiger partial charge in [-0.2, -0.15) is 14.3 Å². The highest BCUT2D eigenvalue weighted by molar-refractivity contribution is 7.94. The van der Waals surface area contributed by atoms with Gasteiger partial charge in [0.2, 0.25) is 5.88 Å². The van der Waals surface area contributed by atoms with E-state index in [0.717, 1.165) is 18.2 Å². The van der Waals surface area contributed by atoms with Crippen LogP contribution in [0, 0.1) is 11.6 Å². The van der Waals surface area contributed by atoms with Crippen LogP contribution in [0.15, 0.2) is 22.6 Å². The van der Waals surface area contributed by atoms with Gasteiger partial charge < -0.3 is 28.1 Å². The number of carbonyl (C=O) groups excluding carboxylic acids is 1. The number of ether oxygens (including phenoxy) is 5. The van der Waals surface area contributed by atoms with Crippen molar-refractivity contribution in [3.63, 3.8) is 0 Å². The Kier molecular flexibility index (Phi) is 11.8. The van der Waals surface area contributed by atoms with Crippen LogP contribution in [0.2, 0.25) is 48.8 Å². The second-order valence-corrected chi connectivity index (χ2v) is 30.5. The van der Waals surface area contributed by atoms with E-state index < -0.39 is 61.9 Å². The molecule has 2 aromatic heterocycles. The van der Waals surface area contributed by atoms with Gasteiger partial charge in [-0.1, -0.05) is 52.0 Å². The highest BCUT2D eigenvalue weighted by atomic mass is 35.5. The van der Waals surface area contributed by atoms with Crippen LogP contribution in [0.3, 0.4) is 0 Å². The van der Waals surface area contributed by atoms with E-state index >= 15 is 8.78 Å². The Bertz CT molecular complexity index is 2000. The van der Waals surface area contributed by atoms with Crippen LogP contribution < -0.4 is 9.47 Å². The molecule has 0 bridgehead atoms. The molecule has 1 aliphatic carbocycles. The van der Waals surface area contributed by atoms with Crippen molar-refractivity contribution in [2.75, 3.05) is 26.1 Å². The molecular weight excluding hydrogens is 778 g/mol. The summed E-state index contributed by atoms with van der Waals surface area (Å²) in [4.78, 5) is 21.9. The molecule has 54 heavy (non-hydrogen) atoms. The number of imidazole rings is 1. The van der Waals surface area contributed by atoms with E-state index in [1.807, 2.05) is 0 Å². The molecule has 0 N–H and O–H groups in total. The second-order valence-electron chi connectivity index (χ2n) is 17.1. The number of amides is 1. The van der Waals surface area contributed by atoms with Crippen molar-refractivity contribution in [1.82, 2.24) is 14.5 Å². The highest BCUT2D eigenvalue weighted by Gasteiger charge is 2.52. The fourth-order valence-corrected chi connectivity index (χ4v) is 9.82. The van der Waals surface area contributed by atoms with E-state index in [0.29, 0.717) is 37.2 Å². The van der Waals surface area contributed by atoms with E-state index in [-0.39, 0.29) is 64.4 Å². The summed E-state index contributed by atoms with van der Waals surface area (Å²) in [5.41, 5.74) is -0.0745. The number of halogens is 3. The molecule has 5 atom stereocenters. The number of hydrogen-bond donors (Lipinski definition) is 0. The summed E-state index contributed by atoms with van der Waals surface area (Å²) in [6.45, 7) is 18.4. The predicted octanol–water partition coefficient (Wildman–Crippen LogP) is 7.59. The molecule has 3 fully saturated rings. The van der Waals surface area contributed by atoms with Gasteiger partial charge in [-0.3, -0.25) is 9.36 Å². The Hall–Kier alpha value is -2.52. The lowest BCUT2D eigenvalue weighted by atomic mass is 10.1. The molecule has 1 amide bonds. The summed E-state index contributed by atoms with van der Waals surface area (Å²) >= 11 is 6.56. The molecule has 0 radical (unpaired) electrons. The van der Waals surface area contributed by atoms with E-state index in [9.17, 15) is 9.00 Å². The molecule has 12 nitrogen and oxygen atoms in total. The summed E-state index contributed by atoms with van der Waals surface area (Å²) in [6.07, 6.45) is 1.42. The van der Waals surface area contributed by atoms with Crippen LogP contribution in [0.1, 0.15) is 49.5 Å². The molecule has 4 heterocycles. The van der Waals surface area contributed by atoms with Crippen molar-refractivity contribution in [1.29, 1.82) is 0 Å². The first-order chi connectivity index (χ1) is 25.1. The quantitative estimate of drug-likeness (QED) is 0.118. The molecular formula is C36H51ClF2N4O8SSi2. The number of benzene rings is 1. The summed E-state index contributed by atoms with van der Waals surface area (Å²) in [5, 5.41) is -0.102. The van der Waals surface area contributed by atoms with E-state index in [4.69, 9.17) is 44.7 Å². The topological polar surface area (TPSA) is 133 Å². The van der Waals surface area contributed by atoms with Crippen molar-refractivity contribution in [3.05, 3.63) is 46.0 Å². The van der Waals surface area contributed by atoms with Gasteiger partial charge in [-0.25, -0.2) is 13.0 Å². The Morgan fingerprint density at radius 2 is 1.67 bits per heavy atom. The Balaban J connectivity index is 1.22.